The highest BCUT2D eigenvalue weighted by molar-refractivity contribution is 5.81. The summed E-state index contributed by atoms with van der Waals surface area (Å²) in [5.74, 6) is 1.02. The Morgan fingerprint density at radius 1 is 1.11 bits per heavy atom. The first-order chi connectivity index (χ1) is 8.65. The van der Waals surface area contributed by atoms with Gasteiger partial charge in [-0.15, -0.1) is 0 Å². The summed E-state index contributed by atoms with van der Waals surface area (Å²) < 4.78 is 0. The zero-order valence-electron chi connectivity index (χ0n) is 10.7. The van der Waals surface area contributed by atoms with Crippen molar-refractivity contribution in [3.63, 3.8) is 0 Å². The fourth-order valence-electron chi connectivity index (χ4n) is 3.84. The number of nitrogens with zero attached hydrogens (tertiary/aromatic N) is 1. The average Bonchev–Trinajstić information content (AvgIpc) is 2.95. The van der Waals surface area contributed by atoms with Crippen molar-refractivity contribution in [1.82, 2.24) is 4.90 Å². The number of carboxylic acids is 1. The predicted octanol–water partition coefficient (Wildman–Crippen LogP) is 1.89. The minimum absolute atomic E-state index is 0.0864. The van der Waals surface area contributed by atoms with Gasteiger partial charge >= 0.3 is 5.97 Å². The van der Waals surface area contributed by atoms with Crippen molar-refractivity contribution in [2.24, 2.45) is 17.8 Å². The topological polar surface area (TPSA) is 57.6 Å². The largest absolute Gasteiger partial charge is 0.481 e. The van der Waals surface area contributed by atoms with Crippen molar-refractivity contribution in [3.05, 3.63) is 0 Å². The highest BCUT2D eigenvalue weighted by Crippen LogP contribution is 2.49. The lowest BCUT2D eigenvalue weighted by Gasteiger charge is -2.29. The molecule has 0 aromatic heterocycles. The van der Waals surface area contributed by atoms with Crippen LogP contribution in [0.1, 0.15) is 44.9 Å². The fraction of sp³-hybridized carbons (Fsp3) is 0.857. The Morgan fingerprint density at radius 3 is 2.39 bits per heavy atom. The Kier molecular flexibility index (Phi) is 3.04. The molecule has 0 aliphatic heterocycles. The maximum atomic E-state index is 12.6. The van der Waals surface area contributed by atoms with Gasteiger partial charge in [-0.3, -0.25) is 9.59 Å². The molecule has 0 aromatic carbocycles. The molecular weight excluding hydrogens is 230 g/mol. The van der Waals surface area contributed by atoms with Gasteiger partial charge in [-0.1, -0.05) is 6.42 Å². The van der Waals surface area contributed by atoms with Crippen LogP contribution in [0.5, 0.6) is 0 Å². The average molecular weight is 251 g/mol. The summed E-state index contributed by atoms with van der Waals surface area (Å²) in [6.07, 6.45) is 7.00. The number of hydrogen-bond donors (Lipinski definition) is 1. The third kappa shape index (κ3) is 2.25. The van der Waals surface area contributed by atoms with E-state index < -0.39 is 5.97 Å². The van der Waals surface area contributed by atoms with Crippen LogP contribution in [-0.4, -0.2) is 34.5 Å². The zero-order valence-corrected chi connectivity index (χ0v) is 10.7. The molecule has 100 valence electrons. The first-order valence-electron chi connectivity index (χ1n) is 7.17. The molecule has 3 aliphatic rings. The molecule has 0 heterocycles. The third-order valence-electron chi connectivity index (χ3n) is 4.89. The van der Waals surface area contributed by atoms with Crippen LogP contribution in [0.15, 0.2) is 0 Å². The number of amides is 1. The van der Waals surface area contributed by atoms with Crippen LogP contribution < -0.4 is 0 Å². The molecule has 1 amide bonds. The molecule has 3 aliphatic carbocycles. The van der Waals surface area contributed by atoms with E-state index in [-0.39, 0.29) is 18.2 Å². The standard InChI is InChI=1S/C14H21NO3/c16-13(17)5-6-15(11-3-4-11)14(18)12-8-9-1-2-10(12)7-9/h9-12H,1-8H2,(H,16,17). The molecule has 2 bridgehead atoms. The molecule has 18 heavy (non-hydrogen) atoms. The maximum Gasteiger partial charge on any atom is 0.305 e. The van der Waals surface area contributed by atoms with Crippen LogP contribution >= 0.6 is 0 Å². The van der Waals surface area contributed by atoms with Crippen LogP contribution in [0.4, 0.5) is 0 Å². The van der Waals surface area contributed by atoms with Crippen molar-refractivity contribution in [2.75, 3.05) is 6.54 Å². The van der Waals surface area contributed by atoms with E-state index in [4.69, 9.17) is 5.11 Å². The first kappa shape index (κ1) is 12.0. The van der Waals surface area contributed by atoms with Gasteiger partial charge in [-0.25, -0.2) is 0 Å². The normalized spacial score (nSPS) is 33.7. The fourth-order valence-corrected chi connectivity index (χ4v) is 3.84. The molecule has 0 aromatic rings. The molecule has 3 fully saturated rings. The van der Waals surface area contributed by atoms with E-state index in [0.717, 1.165) is 25.2 Å². The van der Waals surface area contributed by atoms with E-state index in [1.165, 1.54) is 19.3 Å². The molecule has 0 saturated heterocycles. The summed E-state index contributed by atoms with van der Waals surface area (Å²) in [6.45, 7) is 0.409. The third-order valence-corrected chi connectivity index (χ3v) is 4.89. The lowest BCUT2D eigenvalue weighted by Crippen LogP contribution is -2.40. The van der Waals surface area contributed by atoms with Crippen molar-refractivity contribution < 1.29 is 14.7 Å². The lowest BCUT2D eigenvalue weighted by molar-refractivity contribution is -0.141. The number of rotatable bonds is 5. The molecule has 0 radical (unpaired) electrons. The molecule has 4 nitrogen and oxygen atoms in total. The van der Waals surface area contributed by atoms with Crippen LogP contribution in [0.2, 0.25) is 0 Å². The van der Waals surface area contributed by atoms with Gasteiger partial charge in [0.25, 0.3) is 0 Å². The first-order valence-corrected chi connectivity index (χ1v) is 7.17. The smallest absolute Gasteiger partial charge is 0.305 e. The van der Waals surface area contributed by atoms with Gasteiger partial charge in [-0.2, -0.15) is 0 Å². The SMILES string of the molecule is O=C(O)CCN(C(=O)C1CC2CCC1C2)C1CC1. The second-order valence-corrected chi connectivity index (χ2v) is 6.19. The second-order valence-electron chi connectivity index (χ2n) is 6.19. The van der Waals surface area contributed by atoms with Crippen LogP contribution in [-0.2, 0) is 9.59 Å². The molecule has 0 spiro atoms. The lowest BCUT2D eigenvalue weighted by atomic mass is 9.87. The molecule has 3 atom stereocenters. The monoisotopic (exact) mass is 251 g/mol. The number of aliphatic carboxylic acids is 1. The van der Waals surface area contributed by atoms with Gasteiger partial charge in [0.2, 0.25) is 5.91 Å². The molecule has 3 unspecified atom stereocenters. The number of carbonyl (C=O) groups excluding carboxylic acids is 1. The van der Waals surface area contributed by atoms with Crippen molar-refractivity contribution in [3.8, 4) is 0 Å². The van der Waals surface area contributed by atoms with Crippen LogP contribution in [0, 0.1) is 17.8 Å². The Labute approximate surface area is 107 Å². The Hall–Kier alpha value is -1.06. The summed E-state index contributed by atoms with van der Waals surface area (Å²) in [7, 11) is 0. The number of carboxylic acid groups (broad SMARTS) is 1. The second kappa shape index (κ2) is 4.56. The summed E-state index contributed by atoms with van der Waals surface area (Å²) >= 11 is 0. The number of fused-ring (bicyclic) bond motifs is 2. The van der Waals surface area contributed by atoms with Crippen molar-refractivity contribution in [2.45, 2.75) is 51.0 Å². The van der Waals surface area contributed by atoms with Gasteiger partial charge < -0.3 is 10.0 Å². The van der Waals surface area contributed by atoms with E-state index in [2.05, 4.69) is 0 Å². The Balaban J connectivity index is 1.63. The zero-order chi connectivity index (χ0) is 12.7. The Morgan fingerprint density at radius 2 is 1.89 bits per heavy atom. The highest BCUT2D eigenvalue weighted by Gasteiger charge is 2.46. The van der Waals surface area contributed by atoms with Crippen molar-refractivity contribution >= 4 is 11.9 Å². The minimum Gasteiger partial charge on any atom is -0.481 e. The maximum absolute atomic E-state index is 12.6. The van der Waals surface area contributed by atoms with E-state index in [0.29, 0.717) is 18.5 Å². The van der Waals surface area contributed by atoms with Gasteiger partial charge in [-0.05, 0) is 43.9 Å². The number of carbonyl (C=O) groups is 2. The molecule has 1 N–H and O–H groups in total. The summed E-state index contributed by atoms with van der Waals surface area (Å²) in [5, 5.41) is 8.78. The Bertz CT molecular complexity index is 364. The minimum atomic E-state index is -0.804. The molecule has 4 heteroatoms. The molecular formula is C14H21NO3. The van der Waals surface area contributed by atoms with E-state index >= 15 is 0 Å². The summed E-state index contributed by atoms with van der Waals surface area (Å²) in [6, 6.07) is 0.343. The van der Waals surface area contributed by atoms with Crippen LogP contribution in [0.25, 0.3) is 0 Å². The van der Waals surface area contributed by atoms with E-state index in [9.17, 15) is 9.59 Å². The highest BCUT2D eigenvalue weighted by atomic mass is 16.4. The van der Waals surface area contributed by atoms with E-state index in [1.807, 2.05) is 4.90 Å². The van der Waals surface area contributed by atoms with Gasteiger partial charge in [0.15, 0.2) is 0 Å². The summed E-state index contributed by atoms with van der Waals surface area (Å²) in [4.78, 5) is 25.1. The number of hydrogen-bond acceptors (Lipinski definition) is 2. The van der Waals surface area contributed by atoms with Crippen molar-refractivity contribution in [1.29, 1.82) is 0 Å². The molecule has 3 saturated carbocycles. The van der Waals surface area contributed by atoms with Crippen LogP contribution in [0.3, 0.4) is 0 Å². The quantitative estimate of drug-likeness (QED) is 0.811. The summed E-state index contributed by atoms with van der Waals surface area (Å²) in [5.41, 5.74) is 0. The van der Waals surface area contributed by atoms with Gasteiger partial charge in [0.05, 0.1) is 6.42 Å². The molecule has 3 rings (SSSR count). The predicted molar refractivity (Wildman–Crippen MR) is 65.9 cm³/mol. The van der Waals surface area contributed by atoms with Gasteiger partial charge in [0.1, 0.15) is 0 Å². The van der Waals surface area contributed by atoms with Gasteiger partial charge in [0, 0.05) is 18.5 Å². The van der Waals surface area contributed by atoms with E-state index in [1.54, 1.807) is 0 Å².